The van der Waals surface area contributed by atoms with Crippen molar-refractivity contribution in [2.45, 2.75) is 19.8 Å². The normalized spacial score (nSPS) is 15.1. The zero-order valence-electron chi connectivity index (χ0n) is 13.2. The van der Waals surface area contributed by atoms with Crippen LogP contribution in [0.25, 0.3) is 5.65 Å². The average Bonchev–Trinajstić information content (AvgIpc) is 3.21. The molecule has 0 N–H and O–H groups in total. The predicted molar refractivity (Wildman–Crippen MR) is 92.0 cm³/mol. The van der Waals surface area contributed by atoms with Gasteiger partial charge in [0.05, 0.1) is 11.4 Å². The minimum atomic E-state index is 0.782. The molecule has 0 radical (unpaired) electrons. The number of aryl methyl sites for hydroxylation is 1. The van der Waals surface area contributed by atoms with Crippen LogP contribution in [0.5, 0.6) is 0 Å². The number of rotatable bonds is 3. The Kier molecular flexibility index (Phi) is 3.54. The lowest BCUT2D eigenvalue weighted by molar-refractivity contribution is 0.949. The molecule has 1 fully saturated rings. The van der Waals surface area contributed by atoms with Crippen LogP contribution in [0.4, 0.5) is 17.2 Å². The lowest BCUT2D eigenvalue weighted by Crippen LogP contribution is -2.17. The summed E-state index contributed by atoms with van der Waals surface area (Å²) in [5, 5.41) is 8.78. The van der Waals surface area contributed by atoms with Gasteiger partial charge in [0.25, 0.3) is 0 Å². The molecule has 23 heavy (non-hydrogen) atoms. The van der Waals surface area contributed by atoms with Gasteiger partial charge in [-0.3, -0.25) is 4.40 Å². The number of benzene rings is 1. The van der Waals surface area contributed by atoms with E-state index in [2.05, 4.69) is 32.2 Å². The molecule has 0 unspecified atom stereocenters. The Bertz CT molecular complexity index is 841. The van der Waals surface area contributed by atoms with Gasteiger partial charge in [0.2, 0.25) is 0 Å². The van der Waals surface area contributed by atoms with Crippen molar-refractivity contribution in [3.05, 3.63) is 54.4 Å². The Morgan fingerprint density at radius 3 is 2.52 bits per heavy atom. The van der Waals surface area contributed by atoms with E-state index in [1.54, 1.807) is 0 Å². The highest BCUT2D eigenvalue weighted by Gasteiger charge is 2.11. The molecule has 4 rings (SSSR count). The molecule has 5 nitrogen and oxygen atoms in total. The molecule has 3 heterocycles. The Labute approximate surface area is 135 Å². The van der Waals surface area contributed by atoms with Crippen LogP contribution in [0.15, 0.2) is 58.9 Å². The molecule has 0 amide bonds. The zero-order chi connectivity index (χ0) is 15.6. The SMILES string of the molecule is Cc1nc2ccccn2c1N=Nc1ccc(N2CCCC2)cc1. The quantitative estimate of drug-likeness (QED) is 0.661. The van der Waals surface area contributed by atoms with E-state index in [0.717, 1.165) is 35.9 Å². The van der Waals surface area contributed by atoms with Crippen molar-refractivity contribution in [1.29, 1.82) is 0 Å². The van der Waals surface area contributed by atoms with Crippen LogP contribution in [0, 0.1) is 6.92 Å². The van der Waals surface area contributed by atoms with Crippen molar-refractivity contribution in [3.8, 4) is 0 Å². The van der Waals surface area contributed by atoms with E-state index in [4.69, 9.17) is 0 Å². The smallest absolute Gasteiger partial charge is 0.182 e. The van der Waals surface area contributed by atoms with Gasteiger partial charge in [-0.2, -0.15) is 0 Å². The van der Waals surface area contributed by atoms with E-state index in [1.807, 2.05) is 47.9 Å². The van der Waals surface area contributed by atoms with E-state index in [1.165, 1.54) is 18.5 Å². The number of nitrogens with zero attached hydrogens (tertiary/aromatic N) is 5. The second-order valence-electron chi connectivity index (χ2n) is 5.86. The summed E-state index contributed by atoms with van der Waals surface area (Å²) in [6.45, 7) is 4.27. The van der Waals surface area contributed by atoms with Gasteiger partial charge in [-0.1, -0.05) is 6.07 Å². The number of azo groups is 1. The lowest BCUT2D eigenvalue weighted by atomic mass is 10.2. The Morgan fingerprint density at radius 2 is 1.74 bits per heavy atom. The second-order valence-corrected chi connectivity index (χ2v) is 5.86. The zero-order valence-corrected chi connectivity index (χ0v) is 13.2. The maximum absolute atomic E-state index is 4.49. The largest absolute Gasteiger partial charge is 0.372 e. The van der Waals surface area contributed by atoms with Crippen LogP contribution in [-0.4, -0.2) is 22.5 Å². The van der Waals surface area contributed by atoms with Crippen LogP contribution < -0.4 is 4.90 Å². The number of pyridine rings is 1. The molecule has 0 aliphatic carbocycles. The third kappa shape index (κ3) is 2.70. The number of fused-ring (bicyclic) bond motifs is 1. The molecule has 116 valence electrons. The summed E-state index contributed by atoms with van der Waals surface area (Å²) in [6.07, 6.45) is 4.53. The number of hydrogen-bond donors (Lipinski definition) is 0. The minimum Gasteiger partial charge on any atom is -0.372 e. The van der Waals surface area contributed by atoms with Gasteiger partial charge >= 0.3 is 0 Å². The molecular formula is C18H19N5. The lowest BCUT2D eigenvalue weighted by Gasteiger charge is -2.17. The van der Waals surface area contributed by atoms with Crippen LogP contribution in [-0.2, 0) is 0 Å². The summed E-state index contributed by atoms with van der Waals surface area (Å²) in [5.74, 6) is 0.782. The monoisotopic (exact) mass is 305 g/mol. The van der Waals surface area contributed by atoms with Gasteiger partial charge in [0.15, 0.2) is 5.82 Å². The fraction of sp³-hybridized carbons (Fsp3) is 0.278. The molecule has 1 saturated heterocycles. The van der Waals surface area contributed by atoms with Gasteiger partial charge < -0.3 is 4.90 Å². The van der Waals surface area contributed by atoms with Crippen LogP contribution >= 0.6 is 0 Å². The van der Waals surface area contributed by atoms with Crippen molar-refractivity contribution in [2.24, 2.45) is 10.2 Å². The minimum absolute atomic E-state index is 0.782. The molecule has 1 aliphatic rings. The first-order valence-electron chi connectivity index (χ1n) is 8.02. The summed E-state index contributed by atoms with van der Waals surface area (Å²) < 4.78 is 1.96. The van der Waals surface area contributed by atoms with Gasteiger partial charge in [-0.15, -0.1) is 10.2 Å². The molecule has 0 spiro atoms. The standard InChI is InChI=1S/C18H19N5/c1-14-18(23-13-3-2-6-17(23)19-14)21-20-15-7-9-16(10-8-15)22-11-4-5-12-22/h2-3,6-10,13H,4-5,11-12H2,1H3. The number of anilines is 1. The Hall–Kier alpha value is -2.69. The maximum atomic E-state index is 4.49. The van der Waals surface area contributed by atoms with E-state index < -0.39 is 0 Å². The third-order valence-corrected chi connectivity index (χ3v) is 4.25. The molecule has 1 aliphatic heterocycles. The summed E-state index contributed by atoms with van der Waals surface area (Å²) >= 11 is 0. The van der Waals surface area contributed by atoms with Gasteiger partial charge in [0.1, 0.15) is 5.65 Å². The topological polar surface area (TPSA) is 45.3 Å². The highest BCUT2D eigenvalue weighted by Crippen LogP contribution is 2.26. The molecule has 5 heteroatoms. The molecular weight excluding hydrogens is 286 g/mol. The fourth-order valence-corrected chi connectivity index (χ4v) is 3.03. The molecule has 1 aromatic carbocycles. The van der Waals surface area contributed by atoms with Crippen molar-refractivity contribution < 1.29 is 0 Å². The van der Waals surface area contributed by atoms with Crippen molar-refractivity contribution >= 4 is 22.8 Å². The van der Waals surface area contributed by atoms with Crippen LogP contribution in [0.2, 0.25) is 0 Å². The summed E-state index contributed by atoms with van der Waals surface area (Å²) in [6, 6.07) is 14.2. The van der Waals surface area contributed by atoms with E-state index in [-0.39, 0.29) is 0 Å². The summed E-state index contributed by atoms with van der Waals surface area (Å²) in [5.41, 5.74) is 3.91. The van der Waals surface area contributed by atoms with Crippen LogP contribution in [0.3, 0.4) is 0 Å². The first-order valence-corrected chi connectivity index (χ1v) is 8.02. The van der Waals surface area contributed by atoms with Gasteiger partial charge in [-0.05, 0) is 56.2 Å². The molecule has 2 aromatic heterocycles. The van der Waals surface area contributed by atoms with Crippen molar-refractivity contribution in [2.75, 3.05) is 18.0 Å². The highest BCUT2D eigenvalue weighted by molar-refractivity contribution is 5.54. The number of hydrogen-bond acceptors (Lipinski definition) is 4. The van der Waals surface area contributed by atoms with Crippen molar-refractivity contribution in [1.82, 2.24) is 9.38 Å². The number of aromatic nitrogens is 2. The van der Waals surface area contributed by atoms with E-state index in [9.17, 15) is 0 Å². The van der Waals surface area contributed by atoms with Crippen LogP contribution in [0.1, 0.15) is 18.5 Å². The Balaban J connectivity index is 1.59. The third-order valence-electron chi connectivity index (χ3n) is 4.25. The second kappa shape index (κ2) is 5.83. The predicted octanol–water partition coefficient (Wildman–Crippen LogP) is 4.66. The highest BCUT2D eigenvalue weighted by atomic mass is 15.2. The summed E-state index contributed by atoms with van der Waals surface area (Å²) in [4.78, 5) is 6.91. The first-order chi connectivity index (χ1) is 11.3. The van der Waals surface area contributed by atoms with E-state index in [0.29, 0.717) is 0 Å². The molecule has 0 bridgehead atoms. The first kappa shape index (κ1) is 13.9. The maximum Gasteiger partial charge on any atom is 0.182 e. The molecule has 0 atom stereocenters. The molecule has 0 saturated carbocycles. The molecule has 3 aromatic rings. The fourth-order valence-electron chi connectivity index (χ4n) is 3.03. The Morgan fingerprint density at radius 1 is 0.957 bits per heavy atom. The number of imidazole rings is 1. The summed E-state index contributed by atoms with van der Waals surface area (Å²) in [7, 11) is 0. The van der Waals surface area contributed by atoms with Gasteiger partial charge in [0, 0.05) is 25.0 Å². The van der Waals surface area contributed by atoms with Crippen molar-refractivity contribution in [3.63, 3.8) is 0 Å². The van der Waals surface area contributed by atoms with Gasteiger partial charge in [-0.25, -0.2) is 4.98 Å². The van der Waals surface area contributed by atoms with E-state index >= 15 is 0 Å². The average molecular weight is 305 g/mol.